The molecule has 1 amide bonds. The summed E-state index contributed by atoms with van der Waals surface area (Å²) in [7, 11) is 0. The highest BCUT2D eigenvalue weighted by Crippen LogP contribution is 2.13. The lowest BCUT2D eigenvalue weighted by Gasteiger charge is -1.93. The van der Waals surface area contributed by atoms with E-state index in [2.05, 4.69) is 26.5 Å². The molecule has 2 heterocycles. The van der Waals surface area contributed by atoms with Crippen LogP contribution in [-0.4, -0.2) is 12.1 Å². The fourth-order valence-electron chi connectivity index (χ4n) is 1.17. The molecule has 1 N–H and O–H groups in total. The van der Waals surface area contributed by atoms with Gasteiger partial charge in [-0.1, -0.05) is 0 Å². The monoisotopic (exact) mass is 296 g/mol. The molecule has 0 saturated carbocycles. The molecule has 2 rings (SSSR count). The molecule has 0 aliphatic carbocycles. The zero-order chi connectivity index (χ0) is 12.3. The van der Waals surface area contributed by atoms with E-state index in [4.69, 9.17) is 8.83 Å². The Morgan fingerprint density at radius 2 is 2.18 bits per heavy atom. The van der Waals surface area contributed by atoms with Gasteiger partial charge in [0, 0.05) is 0 Å². The van der Waals surface area contributed by atoms with Gasteiger partial charge in [0.05, 0.1) is 6.21 Å². The van der Waals surface area contributed by atoms with Crippen molar-refractivity contribution in [3.05, 3.63) is 46.2 Å². The van der Waals surface area contributed by atoms with E-state index in [0.717, 1.165) is 5.76 Å². The number of hydrazone groups is 1. The molecule has 0 unspecified atom stereocenters. The molecular weight excluding hydrogens is 288 g/mol. The predicted octanol–water partition coefficient (Wildman–Crippen LogP) is 2.71. The van der Waals surface area contributed by atoms with Gasteiger partial charge in [-0.3, -0.25) is 4.79 Å². The molecule has 88 valence electrons. The van der Waals surface area contributed by atoms with Crippen molar-refractivity contribution in [1.29, 1.82) is 0 Å². The third-order valence-corrected chi connectivity index (χ3v) is 2.34. The number of nitrogens with one attached hydrogen (secondary N) is 1. The average Bonchev–Trinajstić information content (AvgIpc) is 2.88. The Balaban J connectivity index is 1.94. The standard InChI is InChI=1S/C11H9BrN2O3/c1-7-2-3-8(16-7)6-13-14-11(15)9-4-5-10(12)17-9/h2-6H,1H3,(H,14,15)/b13-6+. The van der Waals surface area contributed by atoms with Gasteiger partial charge >= 0.3 is 5.91 Å². The molecule has 0 fully saturated rings. The molecule has 5 nitrogen and oxygen atoms in total. The van der Waals surface area contributed by atoms with E-state index in [1.165, 1.54) is 6.21 Å². The summed E-state index contributed by atoms with van der Waals surface area (Å²) in [5.41, 5.74) is 2.33. The van der Waals surface area contributed by atoms with Crippen molar-refractivity contribution in [3.8, 4) is 0 Å². The van der Waals surface area contributed by atoms with Crippen LogP contribution in [0, 0.1) is 6.92 Å². The number of halogens is 1. The highest BCUT2D eigenvalue weighted by molar-refractivity contribution is 9.10. The van der Waals surface area contributed by atoms with E-state index in [1.807, 2.05) is 13.0 Å². The molecule has 0 radical (unpaired) electrons. The topological polar surface area (TPSA) is 67.7 Å². The number of aryl methyl sites for hydroxylation is 1. The SMILES string of the molecule is Cc1ccc(/C=N/NC(=O)c2ccc(Br)o2)o1. The summed E-state index contributed by atoms with van der Waals surface area (Å²) in [5, 5.41) is 3.75. The van der Waals surface area contributed by atoms with Crippen LogP contribution in [0.5, 0.6) is 0 Å². The second-order valence-corrected chi connectivity index (χ2v) is 4.03. The molecule has 0 aliphatic heterocycles. The van der Waals surface area contributed by atoms with Crippen molar-refractivity contribution >= 4 is 28.1 Å². The molecule has 0 saturated heterocycles. The Labute approximate surface area is 106 Å². The lowest BCUT2D eigenvalue weighted by Crippen LogP contribution is -2.16. The minimum Gasteiger partial charge on any atom is -0.460 e. The lowest BCUT2D eigenvalue weighted by molar-refractivity contribution is 0.0926. The maximum atomic E-state index is 11.5. The zero-order valence-electron chi connectivity index (χ0n) is 8.94. The quantitative estimate of drug-likeness (QED) is 0.699. The second kappa shape index (κ2) is 5.01. The first-order valence-electron chi connectivity index (χ1n) is 4.80. The van der Waals surface area contributed by atoms with Crippen molar-refractivity contribution in [2.75, 3.05) is 0 Å². The fraction of sp³-hybridized carbons (Fsp3) is 0.0909. The number of carbonyl (C=O) groups is 1. The van der Waals surface area contributed by atoms with Crippen LogP contribution in [-0.2, 0) is 0 Å². The summed E-state index contributed by atoms with van der Waals surface area (Å²) in [5.74, 6) is 1.12. The minimum absolute atomic E-state index is 0.185. The van der Waals surface area contributed by atoms with Gasteiger partial charge in [-0.25, -0.2) is 5.43 Å². The van der Waals surface area contributed by atoms with Crippen LogP contribution in [0.3, 0.4) is 0 Å². The highest BCUT2D eigenvalue weighted by Gasteiger charge is 2.08. The summed E-state index contributed by atoms with van der Waals surface area (Å²) in [6.45, 7) is 1.83. The van der Waals surface area contributed by atoms with Crippen molar-refractivity contribution < 1.29 is 13.6 Å². The third-order valence-electron chi connectivity index (χ3n) is 1.92. The maximum absolute atomic E-state index is 11.5. The van der Waals surface area contributed by atoms with Crippen molar-refractivity contribution in [2.24, 2.45) is 5.10 Å². The summed E-state index contributed by atoms with van der Waals surface area (Å²) < 4.78 is 10.8. The highest BCUT2D eigenvalue weighted by atomic mass is 79.9. The first kappa shape index (κ1) is 11.7. The first-order chi connectivity index (χ1) is 8.15. The predicted molar refractivity (Wildman–Crippen MR) is 64.9 cm³/mol. The Morgan fingerprint density at radius 1 is 1.35 bits per heavy atom. The lowest BCUT2D eigenvalue weighted by atomic mass is 10.4. The summed E-state index contributed by atoms with van der Waals surface area (Å²) in [6, 6.07) is 6.75. The second-order valence-electron chi connectivity index (χ2n) is 3.25. The van der Waals surface area contributed by atoms with Crippen LogP contribution in [0.25, 0.3) is 0 Å². The van der Waals surface area contributed by atoms with Gasteiger partial charge in [0.1, 0.15) is 11.5 Å². The number of hydrogen-bond acceptors (Lipinski definition) is 4. The van der Waals surface area contributed by atoms with E-state index >= 15 is 0 Å². The van der Waals surface area contributed by atoms with Crippen LogP contribution < -0.4 is 5.43 Å². The van der Waals surface area contributed by atoms with E-state index in [0.29, 0.717) is 10.4 Å². The van der Waals surface area contributed by atoms with Gasteiger partial charge in [-0.2, -0.15) is 5.10 Å². The molecule has 0 aromatic carbocycles. The Hall–Kier alpha value is -1.82. The number of rotatable bonds is 3. The van der Waals surface area contributed by atoms with Crippen LogP contribution >= 0.6 is 15.9 Å². The van der Waals surface area contributed by atoms with E-state index in [9.17, 15) is 4.79 Å². The molecule has 17 heavy (non-hydrogen) atoms. The summed E-state index contributed by atoms with van der Waals surface area (Å²) >= 11 is 3.11. The van der Waals surface area contributed by atoms with Crippen LogP contribution in [0.15, 0.2) is 42.9 Å². The molecule has 2 aromatic rings. The fourth-order valence-corrected chi connectivity index (χ4v) is 1.48. The number of hydrogen-bond donors (Lipinski definition) is 1. The largest absolute Gasteiger partial charge is 0.460 e. The molecule has 0 aliphatic rings. The molecule has 2 aromatic heterocycles. The molecule has 0 bridgehead atoms. The number of furan rings is 2. The molecule has 6 heteroatoms. The van der Waals surface area contributed by atoms with Crippen LogP contribution in [0.4, 0.5) is 0 Å². The smallest absolute Gasteiger partial charge is 0.307 e. The summed E-state index contributed by atoms with van der Waals surface area (Å²) in [6.07, 6.45) is 1.42. The van der Waals surface area contributed by atoms with Crippen molar-refractivity contribution in [2.45, 2.75) is 6.92 Å². The van der Waals surface area contributed by atoms with Gasteiger partial charge in [0.2, 0.25) is 0 Å². The van der Waals surface area contributed by atoms with Crippen LogP contribution in [0.1, 0.15) is 22.1 Å². The maximum Gasteiger partial charge on any atom is 0.307 e. The first-order valence-corrected chi connectivity index (χ1v) is 5.59. The van der Waals surface area contributed by atoms with Crippen molar-refractivity contribution in [3.63, 3.8) is 0 Å². The Kier molecular flexibility index (Phi) is 3.43. The Morgan fingerprint density at radius 3 is 2.76 bits per heavy atom. The van der Waals surface area contributed by atoms with Gasteiger partial charge in [-0.15, -0.1) is 0 Å². The number of nitrogens with zero attached hydrogens (tertiary/aromatic N) is 1. The van der Waals surface area contributed by atoms with Gasteiger partial charge in [0.25, 0.3) is 0 Å². The van der Waals surface area contributed by atoms with Gasteiger partial charge in [-0.05, 0) is 47.1 Å². The normalized spacial score (nSPS) is 10.9. The van der Waals surface area contributed by atoms with E-state index in [-0.39, 0.29) is 5.76 Å². The molecular formula is C11H9BrN2O3. The molecule has 0 atom stereocenters. The van der Waals surface area contributed by atoms with Gasteiger partial charge < -0.3 is 8.83 Å². The average molecular weight is 297 g/mol. The van der Waals surface area contributed by atoms with Crippen LogP contribution in [0.2, 0.25) is 0 Å². The number of amides is 1. The third kappa shape index (κ3) is 3.07. The van der Waals surface area contributed by atoms with Crippen molar-refractivity contribution in [1.82, 2.24) is 5.43 Å². The van der Waals surface area contributed by atoms with E-state index in [1.54, 1.807) is 18.2 Å². The molecule has 0 spiro atoms. The summed E-state index contributed by atoms with van der Waals surface area (Å²) in [4.78, 5) is 11.5. The van der Waals surface area contributed by atoms with E-state index < -0.39 is 5.91 Å². The van der Waals surface area contributed by atoms with Gasteiger partial charge in [0.15, 0.2) is 10.4 Å². The Bertz CT molecular complexity index is 557. The minimum atomic E-state index is -0.421. The zero-order valence-corrected chi connectivity index (χ0v) is 10.5. The number of carbonyl (C=O) groups excluding carboxylic acids is 1.